The highest BCUT2D eigenvalue weighted by Crippen LogP contribution is 2.41. The number of benzene rings is 1. The second kappa shape index (κ2) is 8.58. The summed E-state index contributed by atoms with van der Waals surface area (Å²) in [7, 11) is 0. The fraction of sp³-hybridized carbons (Fsp3) is 0.316. The van der Waals surface area contributed by atoms with Gasteiger partial charge in [0.05, 0.1) is 45.5 Å². The van der Waals surface area contributed by atoms with E-state index in [1.165, 1.54) is 23.1 Å². The zero-order valence-electron chi connectivity index (χ0n) is 15.4. The third-order valence-electron chi connectivity index (χ3n) is 3.77. The topological polar surface area (TPSA) is 70.4 Å². The number of rotatable bonds is 7. The second-order valence-corrected chi connectivity index (χ2v) is 7.83. The molecule has 2 aromatic heterocycles. The number of thioether (sulfide) groups is 1. The van der Waals surface area contributed by atoms with Crippen LogP contribution in [0.4, 0.5) is 0 Å². The van der Waals surface area contributed by atoms with E-state index in [4.69, 9.17) is 9.47 Å². The van der Waals surface area contributed by atoms with E-state index in [0.717, 1.165) is 25.8 Å². The Hall–Kier alpha value is -2.32. The van der Waals surface area contributed by atoms with Gasteiger partial charge in [0.25, 0.3) is 0 Å². The summed E-state index contributed by atoms with van der Waals surface area (Å²) in [6.07, 6.45) is 0. The summed E-state index contributed by atoms with van der Waals surface area (Å²) in [5.74, 6) is -0.566. The van der Waals surface area contributed by atoms with Crippen LogP contribution < -0.4 is 0 Å². The Balaban J connectivity index is 2.09. The lowest BCUT2D eigenvalue weighted by molar-refractivity contribution is -0.139. The Kier molecular flexibility index (Phi) is 6.18. The molecule has 27 heavy (non-hydrogen) atoms. The maximum Gasteiger partial charge on any atom is 0.340 e. The Labute approximate surface area is 165 Å². The van der Waals surface area contributed by atoms with Gasteiger partial charge >= 0.3 is 11.9 Å². The van der Waals surface area contributed by atoms with Gasteiger partial charge in [-0.25, -0.2) is 9.48 Å². The van der Waals surface area contributed by atoms with Crippen molar-refractivity contribution >= 4 is 45.3 Å². The van der Waals surface area contributed by atoms with E-state index >= 15 is 0 Å². The van der Waals surface area contributed by atoms with Gasteiger partial charge in [-0.1, -0.05) is 18.2 Å². The molecular weight excluding hydrogens is 384 g/mol. The summed E-state index contributed by atoms with van der Waals surface area (Å²) in [6, 6.07) is 9.74. The van der Waals surface area contributed by atoms with Crippen LogP contribution in [0.25, 0.3) is 15.9 Å². The molecule has 0 atom stereocenters. The molecule has 2 heterocycles. The van der Waals surface area contributed by atoms with Crippen LogP contribution in [0.2, 0.25) is 0 Å². The van der Waals surface area contributed by atoms with Crippen molar-refractivity contribution in [2.24, 2.45) is 0 Å². The summed E-state index contributed by atoms with van der Waals surface area (Å²) < 4.78 is 12.8. The molecule has 0 amide bonds. The first kappa shape index (κ1) is 19.4. The van der Waals surface area contributed by atoms with Gasteiger partial charge in [0.2, 0.25) is 0 Å². The molecule has 1 aromatic carbocycles. The molecule has 0 saturated heterocycles. The molecule has 3 rings (SSSR count). The predicted octanol–water partition coefficient (Wildman–Crippen LogP) is 4.23. The number of ether oxygens (including phenoxy) is 2. The smallest absolute Gasteiger partial charge is 0.340 e. The van der Waals surface area contributed by atoms with Crippen LogP contribution in [0.5, 0.6) is 0 Å². The molecule has 0 aliphatic carbocycles. The van der Waals surface area contributed by atoms with Gasteiger partial charge in [-0.05, 0) is 32.9 Å². The van der Waals surface area contributed by atoms with Crippen LogP contribution >= 0.6 is 23.1 Å². The van der Waals surface area contributed by atoms with Gasteiger partial charge in [-0.2, -0.15) is 5.10 Å². The molecule has 3 aromatic rings. The number of aryl methyl sites for hydroxylation is 1. The van der Waals surface area contributed by atoms with Gasteiger partial charge in [-0.3, -0.25) is 4.79 Å². The van der Waals surface area contributed by atoms with Crippen molar-refractivity contribution < 1.29 is 19.1 Å². The highest BCUT2D eigenvalue weighted by molar-refractivity contribution is 8.02. The molecule has 0 aliphatic rings. The number of fused-ring (bicyclic) bond motifs is 1. The van der Waals surface area contributed by atoms with Crippen LogP contribution in [0, 0.1) is 6.92 Å². The molecule has 0 unspecified atom stereocenters. The SMILES string of the molecule is CCOC(=O)CSc1sc2c(c(C)nn2-c2ccccc2)c1C(=O)OCC. The molecular formula is C19H20N2O4S2. The first-order valence-corrected chi connectivity index (χ1v) is 10.4. The van der Waals surface area contributed by atoms with Gasteiger partial charge in [0.15, 0.2) is 0 Å². The van der Waals surface area contributed by atoms with Gasteiger partial charge < -0.3 is 9.47 Å². The van der Waals surface area contributed by atoms with Crippen molar-refractivity contribution in [3.05, 3.63) is 41.6 Å². The third-order valence-corrected chi connectivity index (χ3v) is 6.18. The van der Waals surface area contributed by atoms with Crippen molar-refractivity contribution in [3.63, 3.8) is 0 Å². The Morgan fingerprint density at radius 3 is 2.52 bits per heavy atom. The first-order chi connectivity index (χ1) is 13.1. The van der Waals surface area contributed by atoms with E-state index in [-0.39, 0.29) is 18.3 Å². The Morgan fingerprint density at radius 2 is 1.85 bits per heavy atom. The largest absolute Gasteiger partial charge is 0.465 e. The monoisotopic (exact) mass is 404 g/mol. The lowest BCUT2D eigenvalue weighted by Gasteiger charge is -2.05. The van der Waals surface area contributed by atoms with Crippen LogP contribution in [-0.4, -0.2) is 40.7 Å². The Morgan fingerprint density at radius 1 is 1.15 bits per heavy atom. The summed E-state index contributed by atoms with van der Waals surface area (Å²) in [6.45, 7) is 6.02. The maximum absolute atomic E-state index is 12.6. The van der Waals surface area contributed by atoms with E-state index in [1.54, 1.807) is 13.8 Å². The maximum atomic E-state index is 12.6. The number of hydrogen-bond acceptors (Lipinski definition) is 7. The zero-order chi connectivity index (χ0) is 19.4. The van der Waals surface area contributed by atoms with Crippen LogP contribution in [0.15, 0.2) is 34.5 Å². The predicted molar refractivity (Wildman–Crippen MR) is 107 cm³/mol. The Bertz CT molecular complexity index is 963. The lowest BCUT2D eigenvalue weighted by Crippen LogP contribution is -2.08. The minimum atomic E-state index is -0.397. The first-order valence-electron chi connectivity index (χ1n) is 8.59. The van der Waals surface area contributed by atoms with E-state index in [9.17, 15) is 9.59 Å². The van der Waals surface area contributed by atoms with Gasteiger partial charge in [-0.15, -0.1) is 23.1 Å². The number of thiophene rings is 1. The van der Waals surface area contributed by atoms with Gasteiger partial charge in [0, 0.05) is 0 Å². The fourth-order valence-corrected chi connectivity index (χ4v) is 5.05. The summed E-state index contributed by atoms with van der Waals surface area (Å²) in [5.41, 5.74) is 2.14. The molecule has 0 bridgehead atoms. The van der Waals surface area contributed by atoms with Crippen LogP contribution in [0.1, 0.15) is 29.9 Å². The zero-order valence-corrected chi connectivity index (χ0v) is 17.0. The van der Waals surface area contributed by atoms with Crippen LogP contribution in [0.3, 0.4) is 0 Å². The van der Waals surface area contributed by atoms with E-state index in [0.29, 0.717) is 12.2 Å². The second-order valence-electron chi connectivity index (χ2n) is 5.59. The number of aromatic nitrogens is 2. The van der Waals surface area contributed by atoms with Crippen molar-refractivity contribution in [2.75, 3.05) is 19.0 Å². The molecule has 0 aliphatic heterocycles. The summed E-state index contributed by atoms with van der Waals surface area (Å²) >= 11 is 2.73. The molecule has 142 valence electrons. The van der Waals surface area contributed by atoms with E-state index < -0.39 is 5.97 Å². The molecule has 0 spiro atoms. The molecule has 6 nitrogen and oxygen atoms in total. The summed E-state index contributed by atoms with van der Waals surface area (Å²) in [5, 5.41) is 5.38. The van der Waals surface area contributed by atoms with Crippen molar-refractivity contribution in [2.45, 2.75) is 25.0 Å². The molecule has 0 radical (unpaired) electrons. The molecule has 0 saturated carbocycles. The van der Waals surface area contributed by atoms with Crippen molar-refractivity contribution in [1.29, 1.82) is 0 Å². The van der Waals surface area contributed by atoms with E-state index in [2.05, 4.69) is 5.10 Å². The number of esters is 2. The normalized spacial score (nSPS) is 10.9. The number of carbonyl (C=O) groups is 2. The number of carbonyl (C=O) groups excluding carboxylic acids is 2. The summed E-state index contributed by atoms with van der Waals surface area (Å²) in [4.78, 5) is 25.2. The third kappa shape index (κ3) is 4.01. The standard InChI is InChI=1S/C19H20N2O4S2/c1-4-24-14(22)11-26-19-16(18(23)25-5-2)15-12(3)20-21(17(15)27-19)13-9-7-6-8-10-13/h6-10H,4-5,11H2,1-3H3. The van der Waals surface area contributed by atoms with Crippen LogP contribution in [-0.2, 0) is 14.3 Å². The highest BCUT2D eigenvalue weighted by Gasteiger charge is 2.26. The van der Waals surface area contributed by atoms with Crippen molar-refractivity contribution in [3.8, 4) is 5.69 Å². The fourth-order valence-electron chi connectivity index (χ4n) is 2.69. The quantitative estimate of drug-likeness (QED) is 0.434. The van der Waals surface area contributed by atoms with Gasteiger partial charge in [0.1, 0.15) is 4.83 Å². The van der Waals surface area contributed by atoms with Crippen molar-refractivity contribution in [1.82, 2.24) is 9.78 Å². The lowest BCUT2D eigenvalue weighted by atomic mass is 10.2. The molecule has 0 fully saturated rings. The van der Waals surface area contributed by atoms with E-state index in [1.807, 2.05) is 41.9 Å². The minimum absolute atomic E-state index is 0.140. The average molecular weight is 405 g/mol. The average Bonchev–Trinajstić information content (AvgIpc) is 3.19. The number of para-hydroxylation sites is 1. The molecule has 0 N–H and O–H groups in total. The minimum Gasteiger partial charge on any atom is -0.465 e. The number of nitrogens with zero attached hydrogens (tertiary/aromatic N) is 2. The highest BCUT2D eigenvalue weighted by atomic mass is 32.2. The number of hydrogen-bond donors (Lipinski definition) is 0. The molecule has 8 heteroatoms.